The van der Waals surface area contributed by atoms with Crippen molar-refractivity contribution in [1.82, 2.24) is 0 Å². The summed E-state index contributed by atoms with van der Waals surface area (Å²) in [5.74, 6) is 0. The van der Waals surface area contributed by atoms with Gasteiger partial charge in [0, 0.05) is 32.3 Å². The molecule has 2 aromatic rings. The van der Waals surface area contributed by atoms with Crippen LogP contribution in [0.4, 0.5) is 17.1 Å². The maximum Gasteiger partial charge on any atom is 0.196 e. The van der Waals surface area contributed by atoms with Crippen LogP contribution in [0.1, 0.15) is 25.3 Å². The van der Waals surface area contributed by atoms with Gasteiger partial charge in [0.25, 0.3) is 0 Å². The molecule has 0 aliphatic carbocycles. The lowest BCUT2D eigenvalue weighted by atomic mass is 10.2. The van der Waals surface area contributed by atoms with Gasteiger partial charge in [-0.3, -0.25) is 0 Å². The van der Waals surface area contributed by atoms with E-state index in [9.17, 15) is 0 Å². The Morgan fingerprint density at radius 1 is 1.14 bits per heavy atom. The number of unbranched alkanes of at least 4 members (excludes halogenated alkanes) is 1. The molecule has 0 aliphatic rings. The van der Waals surface area contributed by atoms with Crippen molar-refractivity contribution >= 4 is 17.1 Å². The van der Waals surface area contributed by atoms with E-state index in [2.05, 4.69) is 51.9 Å². The normalized spacial score (nSPS) is 11.1. The second-order valence-corrected chi connectivity index (χ2v) is 5.72. The molecule has 0 atom stereocenters. The van der Waals surface area contributed by atoms with Crippen molar-refractivity contribution in [2.75, 3.05) is 19.0 Å². The molecule has 0 fully saturated rings. The van der Waals surface area contributed by atoms with Crippen molar-refractivity contribution < 1.29 is 4.57 Å². The SMILES string of the molecule is CCCC[n+]1cccc(N=Nc2ccc(N(C)C)cc2C)c1. The number of benzene rings is 1. The predicted octanol–water partition coefficient (Wildman–Crippen LogP) is 4.56. The molecule has 4 heteroatoms. The molecule has 1 heterocycles. The van der Waals surface area contributed by atoms with Gasteiger partial charge in [-0.2, -0.15) is 5.11 Å². The second-order valence-electron chi connectivity index (χ2n) is 5.72. The number of azo groups is 1. The molecule has 0 saturated heterocycles. The van der Waals surface area contributed by atoms with E-state index in [1.54, 1.807) is 0 Å². The van der Waals surface area contributed by atoms with Crippen molar-refractivity contribution in [3.05, 3.63) is 48.3 Å². The topological polar surface area (TPSA) is 31.8 Å². The highest BCUT2D eigenvalue weighted by Crippen LogP contribution is 2.25. The Hall–Kier alpha value is -2.23. The number of anilines is 1. The summed E-state index contributed by atoms with van der Waals surface area (Å²) >= 11 is 0. The maximum absolute atomic E-state index is 4.39. The second kappa shape index (κ2) is 7.69. The van der Waals surface area contributed by atoms with Crippen molar-refractivity contribution in [2.45, 2.75) is 33.2 Å². The first kappa shape index (κ1) is 16.1. The first-order chi connectivity index (χ1) is 10.6. The fraction of sp³-hybridized carbons (Fsp3) is 0.389. The number of pyridine rings is 1. The molecule has 116 valence electrons. The van der Waals surface area contributed by atoms with Crippen LogP contribution in [0.5, 0.6) is 0 Å². The minimum Gasteiger partial charge on any atom is -0.378 e. The van der Waals surface area contributed by atoms with Gasteiger partial charge < -0.3 is 4.90 Å². The zero-order chi connectivity index (χ0) is 15.9. The maximum atomic E-state index is 4.39. The molecule has 0 N–H and O–H groups in total. The van der Waals surface area contributed by atoms with Crippen molar-refractivity contribution in [2.24, 2.45) is 10.2 Å². The number of hydrogen-bond donors (Lipinski definition) is 0. The average molecular weight is 297 g/mol. The molecule has 0 bridgehead atoms. The number of aromatic nitrogens is 1. The third-order valence-electron chi connectivity index (χ3n) is 3.58. The Kier molecular flexibility index (Phi) is 5.64. The number of hydrogen-bond acceptors (Lipinski definition) is 3. The van der Waals surface area contributed by atoms with Crippen LogP contribution in [0.25, 0.3) is 0 Å². The smallest absolute Gasteiger partial charge is 0.196 e. The first-order valence-corrected chi connectivity index (χ1v) is 7.79. The van der Waals surface area contributed by atoms with E-state index in [-0.39, 0.29) is 0 Å². The Bertz CT molecular complexity index is 647. The highest BCUT2D eigenvalue weighted by atomic mass is 15.1. The molecule has 4 nitrogen and oxygen atoms in total. The summed E-state index contributed by atoms with van der Waals surface area (Å²) in [5.41, 5.74) is 4.10. The number of nitrogens with zero attached hydrogens (tertiary/aromatic N) is 4. The molecular formula is C18H25N4+. The lowest BCUT2D eigenvalue weighted by Crippen LogP contribution is -2.32. The molecule has 1 aromatic carbocycles. The predicted molar refractivity (Wildman–Crippen MR) is 91.2 cm³/mol. The first-order valence-electron chi connectivity index (χ1n) is 7.79. The van der Waals surface area contributed by atoms with Crippen molar-refractivity contribution in [3.63, 3.8) is 0 Å². The van der Waals surface area contributed by atoms with E-state index >= 15 is 0 Å². The van der Waals surface area contributed by atoms with Gasteiger partial charge in [-0.05, 0) is 36.8 Å². The molecule has 0 unspecified atom stereocenters. The van der Waals surface area contributed by atoms with Gasteiger partial charge in [-0.1, -0.05) is 13.3 Å². The van der Waals surface area contributed by atoms with Gasteiger partial charge >= 0.3 is 0 Å². The third kappa shape index (κ3) is 4.38. The van der Waals surface area contributed by atoms with E-state index < -0.39 is 0 Å². The average Bonchev–Trinajstić information content (AvgIpc) is 2.52. The van der Waals surface area contributed by atoms with E-state index in [0.717, 1.165) is 23.5 Å². The van der Waals surface area contributed by atoms with E-state index in [0.29, 0.717) is 0 Å². The zero-order valence-corrected chi connectivity index (χ0v) is 14.0. The summed E-state index contributed by atoms with van der Waals surface area (Å²) in [4.78, 5) is 2.09. The lowest BCUT2D eigenvalue weighted by molar-refractivity contribution is -0.696. The van der Waals surface area contributed by atoms with Gasteiger partial charge in [-0.25, -0.2) is 4.57 Å². The Labute approximate surface area is 133 Å². The van der Waals surface area contributed by atoms with Crippen molar-refractivity contribution in [3.8, 4) is 0 Å². The lowest BCUT2D eigenvalue weighted by Gasteiger charge is -2.13. The van der Waals surface area contributed by atoms with E-state index in [1.165, 1.54) is 18.5 Å². The van der Waals surface area contributed by atoms with Gasteiger partial charge in [-0.15, -0.1) is 5.11 Å². The standard InChI is InChI=1S/C18H25N4/c1-5-6-11-22-12-7-8-16(14-22)19-20-18-10-9-17(21(3)4)13-15(18)2/h7-10,12-14H,5-6,11H2,1-4H3/q+1. The molecule has 2 rings (SSSR count). The summed E-state index contributed by atoms with van der Waals surface area (Å²) in [6, 6.07) is 10.2. The summed E-state index contributed by atoms with van der Waals surface area (Å²) in [6.07, 6.45) is 6.49. The molecule has 0 radical (unpaired) electrons. The summed E-state index contributed by atoms with van der Waals surface area (Å²) in [6.45, 7) is 5.29. The minimum atomic E-state index is 0.884. The molecule has 0 amide bonds. The van der Waals surface area contributed by atoms with Crippen LogP contribution in [0.3, 0.4) is 0 Å². The third-order valence-corrected chi connectivity index (χ3v) is 3.58. The van der Waals surface area contributed by atoms with Crippen LogP contribution in [-0.4, -0.2) is 14.1 Å². The largest absolute Gasteiger partial charge is 0.378 e. The molecule has 1 aromatic heterocycles. The Morgan fingerprint density at radius 2 is 1.95 bits per heavy atom. The fourth-order valence-electron chi connectivity index (χ4n) is 2.19. The number of aryl methyl sites for hydroxylation is 2. The Morgan fingerprint density at radius 3 is 2.64 bits per heavy atom. The molecule has 22 heavy (non-hydrogen) atoms. The van der Waals surface area contributed by atoms with Crippen LogP contribution in [0.15, 0.2) is 53.0 Å². The highest BCUT2D eigenvalue weighted by Gasteiger charge is 2.03. The summed E-state index contributed by atoms with van der Waals surface area (Å²) in [5, 5.41) is 8.76. The van der Waals surface area contributed by atoms with Crippen LogP contribution < -0.4 is 9.47 Å². The van der Waals surface area contributed by atoms with Gasteiger partial charge in [0.15, 0.2) is 12.4 Å². The fourth-order valence-corrected chi connectivity index (χ4v) is 2.19. The Balaban J connectivity index is 2.14. The van der Waals surface area contributed by atoms with Crippen LogP contribution in [0.2, 0.25) is 0 Å². The minimum absolute atomic E-state index is 0.884. The molecular weight excluding hydrogens is 272 g/mol. The summed E-state index contributed by atoms with van der Waals surface area (Å²) < 4.78 is 2.17. The molecule has 0 spiro atoms. The molecule has 0 saturated carbocycles. The van der Waals surface area contributed by atoms with Crippen LogP contribution in [0, 0.1) is 6.92 Å². The van der Waals surface area contributed by atoms with Crippen LogP contribution in [-0.2, 0) is 6.54 Å². The highest BCUT2D eigenvalue weighted by molar-refractivity contribution is 5.57. The quantitative estimate of drug-likeness (QED) is 0.568. The monoisotopic (exact) mass is 297 g/mol. The van der Waals surface area contributed by atoms with Gasteiger partial charge in [0.1, 0.15) is 12.2 Å². The zero-order valence-electron chi connectivity index (χ0n) is 14.0. The van der Waals surface area contributed by atoms with E-state index in [1.807, 2.05) is 38.5 Å². The van der Waals surface area contributed by atoms with Gasteiger partial charge in [0.2, 0.25) is 0 Å². The van der Waals surface area contributed by atoms with E-state index in [4.69, 9.17) is 0 Å². The van der Waals surface area contributed by atoms with Crippen molar-refractivity contribution in [1.29, 1.82) is 0 Å². The van der Waals surface area contributed by atoms with Crippen LogP contribution >= 0.6 is 0 Å². The molecule has 0 aliphatic heterocycles. The van der Waals surface area contributed by atoms with Gasteiger partial charge in [0.05, 0.1) is 5.69 Å². The summed E-state index contributed by atoms with van der Waals surface area (Å²) in [7, 11) is 4.07. The number of rotatable bonds is 6.